The second-order valence-corrected chi connectivity index (χ2v) is 6.96. The maximum atomic E-state index is 10.3. The molecule has 0 radical (unpaired) electrons. The van der Waals surface area contributed by atoms with Crippen LogP contribution in [0.1, 0.15) is 24.3 Å². The molecule has 27 heavy (non-hydrogen) atoms. The monoisotopic (exact) mass is 371 g/mol. The summed E-state index contributed by atoms with van der Waals surface area (Å²) in [5.74, 6) is 3.03. The summed E-state index contributed by atoms with van der Waals surface area (Å²) in [4.78, 5) is 2.31. The number of ether oxygens (including phenoxy) is 3. The number of hydrogen-bond acceptors (Lipinski definition) is 5. The normalized spacial score (nSPS) is 16.7. The maximum absolute atomic E-state index is 10.3. The average Bonchev–Trinajstić information content (AvgIpc) is 2.73. The van der Waals surface area contributed by atoms with Crippen LogP contribution in [0.4, 0.5) is 0 Å². The summed E-state index contributed by atoms with van der Waals surface area (Å²) in [5, 5.41) is 10.3. The third kappa shape index (κ3) is 5.37. The van der Waals surface area contributed by atoms with E-state index in [1.54, 1.807) is 14.2 Å². The lowest BCUT2D eigenvalue weighted by Gasteiger charge is -2.33. The van der Waals surface area contributed by atoms with Crippen LogP contribution in [0.5, 0.6) is 17.2 Å². The number of hydrogen-bond donors (Lipinski definition) is 1. The Morgan fingerprint density at radius 1 is 0.963 bits per heavy atom. The van der Waals surface area contributed by atoms with Gasteiger partial charge >= 0.3 is 0 Å². The molecule has 2 aromatic rings. The van der Waals surface area contributed by atoms with Crippen LogP contribution >= 0.6 is 0 Å². The van der Waals surface area contributed by atoms with Crippen molar-refractivity contribution < 1.29 is 19.3 Å². The van der Waals surface area contributed by atoms with E-state index in [4.69, 9.17) is 14.2 Å². The van der Waals surface area contributed by atoms with Crippen molar-refractivity contribution in [2.45, 2.75) is 24.9 Å². The topological polar surface area (TPSA) is 51.2 Å². The molecule has 0 aromatic heterocycles. The first-order chi connectivity index (χ1) is 13.2. The number of piperidine rings is 1. The van der Waals surface area contributed by atoms with Crippen LogP contribution in [-0.4, -0.2) is 56.6 Å². The molecule has 1 heterocycles. The number of likely N-dealkylation sites (tertiary alicyclic amines) is 1. The molecule has 1 aliphatic rings. The van der Waals surface area contributed by atoms with Gasteiger partial charge in [-0.25, -0.2) is 0 Å². The van der Waals surface area contributed by atoms with Crippen molar-refractivity contribution in [1.29, 1.82) is 0 Å². The number of para-hydroxylation sites is 1. The SMILES string of the molecule is COc1ccc(OCC(O)CN2CCC(c3ccccc3OC)CC2)cc1. The molecule has 0 aliphatic carbocycles. The van der Waals surface area contributed by atoms with Crippen molar-refractivity contribution >= 4 is 0 Å². The van der Waals surface area contributed by atoms with Crippen molar-refractivity contribution in [3.8, 4) is 17.2 Å². The molecule has 1 saturated heterocycles. The largest absolute Gasteiger partial charge is 0.497 e. The molecular formula is C22H29NO4. The van der Waals surface area contributed by atoms with E-state index >= 15 is 0 Å². The average molecular weight is 371 g/mol. The van der Waals surface area contributed by atoms with Crippen LogP contribution in [0.2, 0.25) is 0 Å². The summed E-state index contributed by atoms with van der Waals surface area (Å²) in [6.07, 6.45) is 1.65. The third-order valence-electron chi connectivity index (χ3n) is 5.14. The molecule has 3 rings (SSSR count). The van der Waals surface area contributed by atoms with Gasteiger partial charge in [0.05, 0.1) is 14.2 Å². The van der Waals surface area contributed by atoms with Gasteiger partial charge in [-0.05, 0) is 67.7 Å². The minimum Gasteiger partial charge on any atom is -0.497 e. The fourth-order valence-electron chi connectivity index (χ4n) is 3.65. The van der Waals surface area contributed by atoms with Crippen LogP contribution < -0.4 is 14.2 Å². The number of benzene rings is 2. The Hall–Kier alpha value is -2.24. The third-order valence-corrected chi connectivity index (χ3v) is 5.14. The minimum absolute atomic E-state index is 0.290. The Labute approximate surface area is 161 Å². The maximum Gasteiger partial charge on any atom is 0.122 e. The van der Waals surface area contributed by atoms with Crippen molar-refractivity contribution in [2.75, 3.05) is 40.5 Å². The molecule has 146 valence electrons. The highest BCUT2D eigenvalue weighted by atomic mass is 16.5. The number of nitrogens with zero attached hydrogens (tertiary/aromatic N) is 1. The van der Waals surface area contributed by atoms with Crippen molar-refractivity contribution in [3.63, 3.8) is 0 Å². The lowest BCUT2D eigenvalue weighted by Crippen LogP contribution is -2.40. The van der Waals surface area contributed by atoms with Gasteiger partial charge in [0.2, 0.25) is 0 Å². The number of aliphatic hydroxyl groups excluding tert-OH is 1. The van der Waals surface area contributed by atoms with Crippen LogP contribution in [0.3, 0.4) is 0 Å². The van der Waals surface area contributed by atoms with E-state index in [1.807, 2.05) is 36.4 Å². The Kier molecular flexibility index (Phi) is 6.96. The zero-order valence-corrected chi connectivity index (χ0v) is 16.1. The Morgan fingerprint density at radius 2 is 1.63 bits per heavy atom. The van der Waals surface area contributed by atoms with Gasteiger partial charge in [-0.1, -0.05) is 18.2 Å². The standard InChI is InChI=1S/C22H29NO4/c1-25-19-7-9-20(10-8-19)27-16-18(24)15-23-13-11-17(12-14-23)21-5-3-4-6-22(21)26-2/h3-10,17-18,24H,11-16H2,1-2H3. The van der Waals surface area contributed by atoms with Gasteiger partial charge in [-0.3, -0.25) is 0 Å². The second-order valence-electron chi connectivity index (χ2n) is 6.96. The lowest BCUT2D eigenvalue weighted by atomic mass is 9.88. The van der Waals surface area contributed by atoms with E-state index in [0.717, 1.165) is 43.2 Å². The van der Waals surface area contributed by atoms with Gasteiger partial charge in [-0.15, -0.1) is 0 Å². The molecule has 1 N–H and O–H groups in total. The lowest BCUT2D eigenvalue weighted by molar-refractivity contribution is 0.0593. The predicted octanol–water partition coefficient (Wildman–Crippen LogP) is 3.32. The van der Waals surface area contributed by atoms with Crippen molar-refractivity contribution in [2.24, 2.45) is 0 Å². The molecule has 1 aliphatic heterocycles. The van der Waals surface area contributed by atoms with E-state index in [-0.39, 0.29) is 0 Å². The minimum atomic E-state index is -0.505. The summed E-state index contributed by atoms with van der Waals surface area (Å²) >= 11 is 0. The molecule has 1 atom stereocenters. The highest BCUT2D eigenvalue weighted by Gasteiger charge is 2.24. The first-order valence-electron chi connectivity index (χ1n) is 9.49. The Morgan fingerprint density at radius 3 is 2.30 bits per heavy atom. The second kappa shape index (κ2) is 9.62. The van der Waals surface area contributed by atoms with Gasteiger partial charge < -0.3 is 24.2 Å². The van der Waals surface area contributed by atoms with E-state index < -0.39 is 6.10 Å². The zero-order valence-electron chi connectivity index (χ0n) is 16.1. The number of rotatable bonds is 8. The van der Waals surface area contributed by atoms with Crippen molar-refractivity contribution in [3.05, 3.63) is 54.1 Å². The zero-order chi connectivity index (χ0) is 19.1. The number of methoxy groups -OCH3 is 2. The molecule has 1 fully saturated rings. The summed E-state index contributed by atoms with van der Waals surface area (Å²) in [6, 6.07) is 15.7. The van der Waals surface area contributed by atoms with Crippen LogP contribution in [0.15, 0.2) is 48.5 Å². The quantitative estimate of drug-likeness (QED) is 0.771. The molecule has 0 saturated carbocycles. The summed E-state index contributed by atoms with van der Waals surface area (Å²) in [5.41, 5.74) is 1.29. The molecular weight excluding hydrogens is 342 g/mol. The van der Waals surface area contributed by atoms with Gasteiger partial charge in [0.15, 0.2) is 0 Å². The van der Waals surface area contributed by atoms with Crippen LogP contribution in [0.25, 0.3) is 0 Å². The molecule has 0 bridgehead atoms. The van der Waals surface area contributed by atoms with E-state index in [0.29, 0.717) is 19.1 Å². The smallest absolute Gasteiger partial charge is 0.122 e. The van der Waals surface area contributed by atoms with Gasteiger partial charge in [0.25, 0.3) is 0 Å². The molecule has 0 amide bonds. The van der Waals surface area contributed by atoms with E-state index in [9.17, 15) is 5.11 Å². The molecule has 2 aromatic carbocycles. The molecule has 5 heteroatoms. The van der Waals surface area contributed by atoms with Crippen LogP contribution in [0, 0.1) is 0 Å². The molecule has 0 spiro atoms. The van der Waals surface area contributed by atoms with Gasteiger partial charge in [-0.2, -0.15) is 0 Å². The number of aliphatic hydroxyl groups is 1. The molecule has 5 nitrogen and oxygen atoms in total. The summed E-state index contributed by atoms with van der Waals surface area (Å²) in [7, 11) is 3.36. The first kappa shape index (κ1) is 19.5. The predicted molar refractivity (Wildman–Crippen MR) is 106 cm³/mol. The fourth-order valence-corrected chi connectivity index (χ4v) is 3.65. The van der Waals surface area contributed by atoms with Gasteiger partial charge in [0.1, 0.15) is 30.0 Å². The molecule has 1 unspecified atom stereocenters. The number of β-amino-alcohol motifs (C(OH)–C–C–N with tert-alkyl or cyclic N) is 1. The fraction of sp³-hybridized carbons (Fsp3) is 0.455. The highest BCUT2D eigenvalue weighted by molar-refractivity contribution is 5.36. The van der Waals surface area contributed by atoms with Crippen molar-refractivity contribution in [1.82, 2.24) is 4.90 Å². The summed E-state index contributed by atoms with van der Waals surface area (Å²) < 4.78 is 16.3. The van der Waals surface area contributed by atoms with E-state index in [2.05, 4.69) is 17.0 Å². The first-order valence-corrected chi connectivity index (χ1v) is 9.49. The van der Waals surface area contributed by atoms with E-state index in [1.165, 1.54) is 5.56 Å². The van der Waals surface area contributed by atoms with Crippen LogP contribution in [-0.2, 0) is 0 Å². The Bertz CT molecular complexity index is 696. The van der Waals surface area contributed by atoms with Gasteiger partial charge in [0, 0.05) is 6.54 Å². The summed E-state index contributed by atoms with van der Waals surface area (Å²) in [6.45, 7) is 2.87. The Balaban J connectivity index is 1.43. The highest BCUT2D eigenvalue weighted by Crippen LogP contribution is 2.33.